The molecule has 0 aromatic rings. The Hall–Kier alpha value is -0.640. The second-order valence-corrected chi connectivity index (χ2v) is 12.4. The van der Waals surface area contributed by atoms with Gasteiger partial charge in [-0.3, -0.25) is 0 Å². The third-order valence-electron chi connectivity index (χ3n) is 6.86. The zero-order valence-electron chi connectivity index (χ0n) is 21.0. The van der Waals surface area contributed by atoms with Gasteiger partial charge in [-0.2, -0.15) is 0 Å². The smallest absolute Gasteiger partial charge is 0.178 e. The third kappa shape index (κ3) is 8.13. The van der Waals surface area contributed by atoms with Crippen LogP contribution in [0.4, 0.5) is 0 Å². The van der Waals surface area contributed by atoms with Crippen LogP contribution in [-0.2, 0) is 9.47 Å². The van der Waals surface area contributed by atoms with Crippen molar-refractivity contribution in [3.63, 3.8) is 0 Å². The second-order valence-electron chi connectivity index (χ2n) is 12.4. The van der Waals surface area contributed by atoms with Gasteiger partial charge in [-0.25, -0.2) is 0 Å². The van der Waals surface area contributed by atoms with Crippen LogP contribution in [0.15, 0.2) is 23.8 Å². The van der Waals surface area contributed by atoms with E-state index < -0.39 is 6.29 Å². The molecule has 2 aliphatic rings. The van der Waals surface area contributed by atoms with E-state index in [1.54, 1.807) is 0 Å². The zero-order chi connectivity index (χ0) is 22.6. The summed E-state index contributed by atoms with van der Waals surface area (Å²) in [6.07, 6.45) is 14.0. The summed E-state index contributed by atoms with van der Waals surface area (Å²) in [6.45, 7) is 18.4. The molecule has 0 aliphatic heterocycles. The highest BCUT2D eigenvalue weighted by Crippen LogP contribution is 2.43. The Morgan fingerprint density at radius 1 is 1.00 bits per heavy atom. The van der Waals surface area contributed by atoms with Crippen molar-refractivity contribution in [1.82, 2.24) is 0 Å². The quantitative estimate of drug-likeness (QED) is 0.428. The Bertz CT molecular complexity index is 582. The van der Waals surface area contributed by atoms with E-state index in [1.807, 2.05) is 0 Å². The first kappa shape index (κ1) is 25.6. The van der Waals surface area contributed by atoms with Crippen molar-refractivity contribution in [3.05, 3.63) is 23.8 Å². The van der Waals surface area contributed by atoms with E-state index in [-0.39, 0.29) is 29.1 Å². The number of ether oxygens (including phenoxy) is 2. The minimum Gasteiger partial charge on any atom is -0.369 e. The molecule has 1 N–H and O–H groups in total. The van der Waals surface area contributed by atoms with Crippen molar-refractivity contribution in [2.45, 2.75) is 118 Å². The molecule has 30 heavy (non-hydrogen) atoms. The van der Waals surface area contributed by atoms with Gasteiger partial charge in [0.1, 0.15) is 0 Å². The van der Waals surface area contributed by atoms with Gasteiger partial charge in [0.05, 0.1) is 18.3 Å². The van der Waals surface area contributed by atoms with Crippen LogP contribution in [-0.4, -0.2) is 29.7 Å². The van der Waals surface area contributed by atoms with Gasteiger partial charge >= 0.3 is 0 Å². The molecule has 2 rings (SSSR count). The third-order valence-corrected chi connectivity index (χ3v) is 6.86. The summed E-state index contributed by atoms with van der Waals surface area (Å²) in [5.41, 5.74) is 1.65. The molecule has 1 saturated carbocycles. The summed E-state index contributed by atoms with van der Waals surface area (Å²) < 4.78 is 12.2. The highest BCUT2D eigenvalue weighted by Gasteiger charge is 2.35. The maximum absolute atomic E-state index is 10.5. The summed E-state index contributed by atoms with van der Waals surface area (Å²) in [5, 5.41) is 10.5. The molecule has 0 radical (unpaired) electrons. The molecule has 0 aromatic carbocycles. The van der Waals surface area contributed by atoms with Crippen molar-refractivity contribution < 1.29 is 14.6 Å². The Labute approximate surface area is 186 Å². The number of aliphatic hydroxyl groups excluding tert-OH is 1. The summed E-state index contributed by atoms with van der Waals surface area (Å²) in [6, 6.07) is 0. The van der Waals surface area contributed by atoms with E-state index in [4.69, 9.17) is 9.47 Å². The van der Waals surface area contributed by atoms with Crippen molar-refractivity contribution >= 4 is 0 Å². The van der Waals surface area contributed by atoms with Crippen LogP contribution in [0.3, 0.4) is 0 Å². The van der Waals surface area contributed by atoms with E-state index in [9.17, 15) is 5.11 Å². The Morgan fingerprint density at radius 3 is 2.20 bits per heavy atom. The molecule has 0 heterocycles. The van der Waals surface area contributed by atoms with Crippen LogP contribution in [0.2, 0.25) is 0 Å². The molecule has 0 aromatic heterocycles. The SMILES string of the molecule is CC(C)(C)CC(C1=CC=CC(OCC(O)OC(C)(C)C2CCCCC2)C1)C(C)(C)C. The average molecular weight is 421 g/mol. The molecule has 0 amide bonds. The molecule has 3 atom stereocenters. The van der Waals surface area contributed by atoms with Crippen LogP contribution in [0.25, 0.3) is 0 Å². The Kier molecular flexibility index (Phi) is 8.81. The molecule has 2 aliphatic carbocycles. The van der Waals surface area contributed by atoms with Gasteiger partial charge in [0, 0.05) is 0 Å². The fraction of sp³-hybridized carbons (Fsp3) is 0.852. The summed E-state index contributed by atoms with van der Waals surface area (Å²) in [4.78, 5) is 0. The van der Waals surface area contributed by atoms with Crippen molar-refractivity contribution in [2.24, 2.45) is 22.7 Å². The lowest BCUT2D eigenvalue weighted by Gasteiger charge is -2.39. The topological polar surface area (TPSA) is 38.7 Å². The zero-order valence-corrected chi connectivity index (χ0v) is 21.0. The van der Waals surface area contributed by atoms with Crippen LogP contribution in [0, 0.1) is 22.7 Å². The van der Waals surface area contributed by atoms with E-state index in [0.29, 0.717) is 11.8 Å². The average Bonchev–Trinajstić information content (AvgIpc) is 2.63. The standard InChI is InChI=1S/C27H48O3/c1-25(2,3)18-23(26(4,5)6)20-13-12-16-22(17-20)29-19-24(28)30-27(7,8)21-14-10-9-11-15-21/h12-13,16,21-24,28H,9-11,14-15,17-19H2,1-8H3. The first-order valence-corrected chi connectivity index (χ1v) is 12.1. The van der Waals surface area contributed by atoms with E-state index in [0.717, 1.165) is 12.8 Å². The van der Waals surface area contributed by atoms with E-state index in [2.05, 4.69) is 73.6 Å². The van der Waals surface area contributed by atoms with E-state index in [1.165, 1.54) is 37.7 Å². The van der Waals surface area contributed by atoms with Gasteiger partial charge in [-0.1, -0.05) is 84.6 Å². The summed E-state index contributed by atoms with van der Waals surface area (Å²) in [7, 11) is 0. The lowest BCUT2D eigenvalue weighted by atomic mass is 9.67. The first-order valence-electron chi connectivity index (χ1n) is 12.1. The fourth-order valence-corrected chi connectivity index (χ4v) is 5.13. The van der Waals surface area contributed by atoms with Crippen LogP contribution >= 0.6 is 0 Å². The molecule has 0 spiro atoms. The molecular weight excluding hydrogens is 372 g/mol. The highest BCUT2D eigenvalue weighted by atomic mass is 16.6. The maximum atomic E-state index is 10.5. The molecule has 0 saturated heterocycles. The molecule has 0 bridgehead atoms. The lowest BCUT2D eigenvalue weighted by molar-refractivity contribution is -0.218. The number of aliphatic hydroxyl groups is 1. The Morgan fingerprint density at radius 2 is 1.63 bits per heavy atom. The van der Waals surface area contributed by atoms with Crippen molar-refractivity contribution in [2.75, 3.05) is 6.61 Å². The fourth-order valence-electron chi connectivity index (χ4n) is 5.13. The van der Waals surface area contributed by atoms with E-state index >= 15 is 0 Å². The molecule has 3 heteroatoms. The minimum atomic E-state index is -0.877. The number of allylic oxidation sites excluding steroid dienone is 2. The largest absolute Gasteiger partial charge is 0.369 e. The van der Waals surface area contributed by atoms with Gasteiger partial charge in [0.15, 0.2) is 6.29 Å². The number of rotatable bonds is 8. The molecule has 3 unspecified atom stereocenters. The molecular formula is C27H48O3. The molecule has 3 nitrogen and oxygen atoms in total. The van der Waals surface area contributed by atoms with Gasteiger partial charge in [0.2, 0.25) is 0 Å². The first-order chi connectivity index (χ1) is 13.8. The van der Waals surface area contributed by atoms with Gasteiger partial charge in [-0.05, 0) is 62.2 Å². The number of hydrogen-bond donors (Lipinski definition) is 1. The van der Waals surface area contributed by atoms with Crippen LogP contribution in [0.1, 0.15) is 100 Å². The number of hydrogen-bond acceptors (Lipinski definition) is 3. The van der Waals surface area contributed by atoms with Gasteiger partial charge in [-0.15, -0.1) is 0 Å². The summed E-state index contributed by atoms with van der Waals surface area (Å²) in [5.74, 6) is 1.04. The predicted molar refractivity (Wildman–Crippen MR) is 126 cm³/mol. The van der Waals surface area contributed by atoms with Gasteiger partial charge < -0.3 is 14.6 Å². The minimum absolute atomic E-state index is 0.00543. The van der Waals surface area contributed by atoms with Crippen LogP contribution in [0.5, 0.6) is 0 Å². The second kappa shape index (κ2) is 10.3. The Balaban J connectivity index is 1.89. The van der Waals surface area contributed by atoms with Gasteiger partial charge in [0.25, 0.3) is 0 Å². The van der Waals surface area contributed by atoms with Crippen molar-refractivity contribution in [3.8, 4) is 0 Å². The highest BCUT2D eigenvalue weighted by molar-refractivity contribution is 5.24. The maximum Gasteiger partial charge on any atom is 0.178 e. The monoisotopic (exact) mass is 420 g/mol. The molecule has 1 fully saturated rings. The predicted octanol–water partition coefficient (Wildman–Crippen LogP) is 7.05. The summed E-state index contributed by atoms with van der Waals surface area (Å²) >= 11 is 0. The molecule has 174 valence electrons. The van der Waals surface area contributed by atoms with Crippen LogP contribution < -0.4 is 0 Å². The normalized spacial score (nSPS) is 23.9. The van der Waals surface area contributed by atoms with Crippen molar-refractivity contribution in [1.29, 1.82) is 0 Å². The lowest BCUT2D eigenvalue weighted by Crippen LogP contribution is -2.41.